The van der Waals surface area contributed by atoms with Crippen LogP contribution in [0.4, 0.5) is 5.82 Å². The Morgan fingerprint density at radius 1 is 0.968 bits per heavy atom. The minimum Gasteiger partial charge on any atom is -0.494 e. The second-order valence-corrected chi connectivity index (χ2v) is 7.56. The summed E-state index contributed by atoms with van der Waals surface area (Å²) in [7, 11) is 5.83. The summed E-state index contributed by atoms with van der Waals surface area (Å²) in [6, 6.07) is 14.6. The molecule has 7 nitrogen and oxygen atoms in total. The van der Waals surface area contributed by atoms with Crippen molar-refractivity contribution in [3.8, 4) is 17.1 Å². The molecular formula is C24H26N6O. The van der Waals surface area contributed by atoms with Crippen LogP contribution in [0.2, 0.25) is 0 Å². The molecular weight excluding hydrogens is 388 g/mol. The summed E-state index contributed by atoms with van der Waals surface area (Å²) in [6.07, 6.45) is 7.84. The average Bonchev–Trinajstić information content (AvgIpc) is 2.82. The molecule has 0 saturated heterocycles. The van der Waals surface area contributed by atoms with Crippen LogP contribution < -0.4 is 10.1 Å². The van der Waals surface area contributed by atoms with E-state index in [4.69, 9.17) is 14.7 Å². The van der Waals surface area contributed by atoms with E-state index >= 15 is 0 Å². The lowest BCUT2D eigenvalue weighted by Gasteiger charge is -2.25. The zero-order valence-electron chi connectivity index (χ0n) is 18.0. The maximum atomic E-state index is 5.56. The van der Waals surface area contributed by atoms with Crippen molar-refractivity contribution < 1.29 is 4.74 Å². The molecule has 31 heavy (non-hydrogen) atoms. The number of anilines is 1. The Morgan fingerprint density at radius 3 is 2.45 bits per heavy atom. The first-order valence-electron chi connectivity index (χ1n) is 10.2. The van der Waals surface area contributed by atoms with Gasteiger partial charge in [0.1, 0.15) is 11.6 Å². The first-order valence-corrected chi connectivity index (χ1v) is 10.2. The van der Waals surface area contributed by atoms with Crippen molar-refractivity contribution in [1.29, 1.82) is 0 Å². The number of aromatic nitrogens is 4. The average molecular weight is 415 g/mol. The van der Waals surface area contributed by atoms with Crippen molar-refractivity contribution in [2.24, 2.45) is 0 Å². The van der Waals surface area contributed by atoms with E-state index in [0.717, 1.165) is 35.2 Å². The summed E-state index contributed by atoms with van der Waals surface area (Å²) in [4.78, 5) is 20.2. The first-order chi connectivity index (χ1) is 15.2. The van der Waals surface area contributed by atoms with Gasteiger partial charge in [-0.05, 0) is 38.2 Å². The molecule has 0 amide bonds. The molecule has 0 bridgehead atoms. The van der Waals surface area contributed by atoms with Gasteiger partial charge in [-0.25, -0.2) is 9.97 Å². The Labute approximate surface area is 182 Å². The van der Waals surface area contributed by atoms with E-state index in [1.54, 1.807) is 31.9 Å². The van der Waals surface area contributed by atoms with Gasteiger partial charge in [-0.1, -0.05) is 30.3 Å². The molecule has 0 aliphatic carbocycles. The Morgan fingerprint density at radius 2 is 1.74 bits per heavy atom. The van der Waals surface area contributed by atoms with Gasteiger partial charge >= 0.3 is 0 Å². The number of nitrogens with one attached hydrogen (secondary N) is 1. The number of rotatable bonds is 8. The minimum atomic E-state index is 0.282. The van der Waals surface area contributed by atoms with Crippen LogP contribution in [-0.2, 0) is 6.42 Å². The lowest BCUT2D eigenvalue weighted by molar-refractivity contribution is 0.303. The van der Waals surface area contributed by atoms with Crippen molar-refractivity contribution in [1.82, 2.24) is 24.8 Å². The van der Waals surface area contributed by atoms with Crippen LogP contribution in [0.5, 0.6) is 5.75 Å². The quantitative estimate of drug-likeness (QED) is 0.471. The van der Waals surface area contributed by atoms with Gasteiger partial charge in [0.25, 0.3) is 0 Å². The van der Waals surface area contributed by atoms with E-state index in [1.807, 2.05) is 18.2 Å². The van der Waals surface area contributed by atoms with E-state index < -0.39 is 0 Å². The fourth-order valence-electron chi connectivity index (χ4n) is 3.51. The molecule has 0 fully saturated rings. The summed E-state index contributed by atoms with van der Waals surface area (Å²) in [5, 5.41) is 4.38. The number of nitrogens with zero attached hydrogens (tertiary/aromatic N) is 5. The number of hydrogen-bond acceptors (Lipinski definition) is 7. The normalized spacial score (nSPS) is 12.1. The van der Waals surface area contributed by atoms with Crippen LogP contribution in [0.15, 0.2) is 67.3 Å². The highest BCUT2D eigenvalue weighted by Gasteiger charge is 2.17. The molecule has 0 radical (unpaired) electrons. The van der Waals surface area contributed by atoms with Gasteiger partial charge < -0.3 is 15.0 Å². The largest absolute Gasteiger partial charge is 0.494 e. The molecule has 0 unspecified atom stereocenters. The van der Waals surface area contributed by atoms with Gasteiger partial charge in [0, 0.05) is 30.5 Å². The number of pyridine rings is 2. The number of fused-ring (bicyclic) bond motifs is 1. The third-order valence-electron chi connectivity index (χ3n) is 5.28. The van der Waals surface area contributed by atoms with Crippen LogP contribution in [-0.4, -0.2) is 58.6 Å². The molecule has 0 spiro atoms. The molecule has 7 heteroatoms. The third kappa shape index (κ3) is 4.78. The summed E-state index contributed by atoms with van der Waals surface area (Å²) in [5.41, 5.74) is 2.93. The highest BCUT2D eigenvalue weighted by Crippen LogP contribution is 2.31. The van der Waals surface area contributed by atoms with Crippen molar-refractivity contribution in [3.05, 3.63) is 72.8 Å². The number of likely N-dealkylation sites (N-methyl/N-ethyl adjacent to an activating group) is 1. The summed E-state index contributed by atoms with van der Waals surface area (Å²) >= 11 is 0. The topological polar surface area (TPSA) is 76.1 Å². The predicted molar refractivity (Wildman–Crippen MR) is 123 cm³/mol. The van der Waals surface area contributed by atoms with Crippen LogP contribution in [0.1, 0.15) is 5.56 Å². The monoisotopic (exact) mass is 414 g/mol. The summed E-state index contributed by atoms with van der Waals surface area (Å²) in [6.45, 7) is 0.718. The molecule has 3 aromatic heterocycles. The van der Waals surface area contributed by atoms with Gasteiger partial charge in [0.05, 0.1) is 30.4 Å². The Balaban J connectivity index is 1.69. The number of ether oxygens (including phenoxy) is 1. The summed E-state index contributed by atoms with van der Waals surface area (Å²) in [5.74, 6) is 2.00. The second-order valence-electron chi connectivity index (χ2n) is 7.56. The first kappa shape index (κ1) is 20.7. The standard InChI is InChI=1S/C24H26N6O/c1-30(2)19(13-17-7-5-4-6-8-17)14-27-24-22-20(15-26-16-21(22)31-3)28-23(29-24)18-9-11-25-12-10-18/h4-12,15-16,19H,13-14H2,1-3H3,(H,27,28,29)/t19-/m0/s1. The van der Waals surface area contributed by atoms with Crippen molar-refractivity contribution in [3.63, 3.8) is 0 Å². The zero-order valence-corrected chi connectivity index (χ0v) is 18.0. The van der Waals surface area contributed by atoms with E-state index in [0.29, 0.717) is 11.6 Å². The third-order valence-corrected chi connectivity index (χ3v) is 5.28. The van der Waals surface area contributed by atoms with E-state index in [1.165, 1.54) is 5.56 Å². The fourth-order valence-corrected chi connectivity index (χ4v) is 3.51. The number of hydrogen-bond donors (Lipinski definition) is 1. The Kier molecular flexibility index (Phi) is 6.33. The number of methoxy groups -OCH3 is 1. The van der Waals surface area contributed by atoms with Gasteiger partial charge in [-0.3, -0.25) is 9.97 Å². The zero-order chi connectivity index (χ0) is 21.6. The van der Waals surface area contributed by atoms with Crippen LogP contribution >= 0.6 is 0 Å². The summed E-state index contributed by atoms with van der Waals surface area (Å²) < 4.78 is 5.56. The lowest BCUT2D eigenvalue weighted by atomic mass is 10.1. The van der Waals surface area contributed by atoms with Gasteiger partial charge in [0.2, 0.25) is 0 Å². The maximum absolute atomic E-state index is 5.56. The molecule has 158 valence electrons. The van der Waals surface area contributed by atoms with Crippen LogP contribution in [0, 0.1) is 0 Å². The molecule has 1 atom stereocenters. The molecule has 4 aromatic rings. The van der Waals surface area contributed by atoms with E-state index in [-0.39, 0.29) is 6.04 Å². The van der Waals surface area contributed by atoms with Crippen molar-refractivity contribution in [2.45, 2.75) is 12.5 Å². The molecule has 4 rings (SSSR count). The molecule has 3 heterocycles. The highest BCUT2D eigenvalue weighted by molar-refractivity contribution is 5.95. The van der Waals surface area contributed by atoms with E-state index in [9.17, 15) is 0 Å². The van der Waals surface area contributed by atoms with Crippen LogP contribution in [0.3, 0.4) is 0 Å². The predicted octanol–water partition coefficient (Wildman–Crippen LogP) is 3.68. The smallest absolute Gasteiger partial charge is 0.162 e. The molecule has 1 aromatic carbocycles. The molecule has 1 N–H and O–H groups in total. The van der Waals surface area contributed by atoms with E-state index in [2.05, 4.69) is 58.5 Å². The lowest BCUT2D eigenvalue weighted by Crippen LogP contribution is -2.36. The number of benzene rings is 1. The maximum Gasteiger partial charge on any atom is 0.162 e. The van der Waals surface area contributed by atoms with Crippen LogP contribution in [0.25, 0.3) is 22.3 Å². The molecule has 0 aliphatic rings. The molecule has 0 aliphatic heterocycles. The Hall–Kier alpha value is -3.58. The van der Waals surface area contributed by atoms with Crippen molar-refractivity contribution in [2.75, 3.05) is 33.1 Å². The SMILES string of the molecule is COc1cncc2nc(-c3ccncc3)nc(NC[C@H](Cc3ccccc3)N(C)C)c12. The second kappa shape index (κ2) is 9.49. The molecule has 0 saturated carbocycles. The van der Waals surface area contributed by atoms with Gasteiger partial charge in [-0.15, -0.1) is 0 Å². The Bertz CT molecular complexity index is 1130. The highest BCUT2D eigenvalue weighted by atomic mass is 16.5. The van der Waals surface area contributed by atoms with Crippen molar-refractivity contribution >= 4 is 16.7 Å². The van der Waals surface area contributed by atoms with Gasteiger partial charge in [-0.2, -0.15) is 0 Å². The minimum absolute atomic E-state index is 0.282. The van der Waals surface area contributed by atoms with Gasteiger partial charge in [0.15, 0.2) is 5.82 Å². The fraction of sp³-hybridized carbons (Fsp3) is 0.250.